The predicted molar refractivity (Wildman–Crippen MR) is 70.0 cm³/mol. The van der Waals surface area contributed by atoms with Crippen molar-refractivity contribution in [3.63, 3.8) is 0 Å². The minimum absolute atomic E-state index is 0.228. The van der Waals surface area contributed by atoms with Gasteiger partial charge in [0.15, 0.2) is 0 Å². The molecule has 1 aromatic heterocycles. The number of hydrogen-bond acceptors (Lipinski definition) is 6. The van der Waals surface area contributed by atoms with Gasteiger partial charge in [0.2, 0.25) is 0 Å². The van der Waals surface area contributed by atoms with Crippen molar-refractivity contribution in [1.29, 1.82) is 0 Å². The number of piperidine rings is 1. The summed E-state index contributed by atoms with van der Waals surface area (Å²) in [6.07, 6.45) is 2.73. The Hall–Kier alpha value is -1.89. The number of carbonyl (C=O) groups excluding carboxylic acids is 1. The number of nitro groups is 1. The van der Waals surface area contributed by atoms with E-state index in [0.717, 1.165) is 25.8 Å². The van der Waals surface area contributed by atoms with Crippen LogP contribution in [0.4, 0.5) is 5.88 Å². The smallest absolute Gasteiger partial charge is 0.433 e. The van der Waals surface area contributed by atoms with Gasteiger partial charge in [-0.3, -0.25) is 19.8 Å². The molecular formula is C13H18N2O5. The van der Waals surface area contributed by atoms with E-state index in [9.17, 15) is 14.9 Å². The minimum Gasteiger partial charge on any atom is -0.465 e. The maximum atomic E-state index is 11.9. The fraction of sp³-hybridized carbons (Fsp3) is 0.615. The molecule has 1 atom stereocenters. The summed E-state index contributed by atoms with van der Waals surface area (Å²) in [5.41, 5.74) is 0. The Morgan fingerprint density at radius 2 is 2.35 bits per heavy atom. The molecule has 1 aliphatic heterocycles. The summed E-state index contributed by atoms with van der Waals surface area (Å²) in [4.78, 5) is 23.9. The Morgan fingerprint density at radius 3 is 3.00 bits per heavy atom. The Bertz CT molecular complexity index is 485. The molecule has 1 aliphatic rings. The third-order valence-corrected chi connectivity index (χ3v) is 3.36. The fourth-order valence-corrected chi connectivity index (χ4v) is 2.44. The molecule has 0 N–H and O–H groups in total. The first kappa shape index (κ1) is 14.5. The van der Waals surface area contributed by atoms with Gasteiger partial charge >= 0.3 is 11.9 Å². The molecule has 7 heteroatoms. The Labute approximate surface area is 116 Å². The van der Waals surface area contributed by atoms with Crippen LogP contribution in [-0.4, -0.2) is 35.0 Å². The zero-order valence-electron chi connectivity index (χ0n) is 11.4. The highest BCUT2D eigenvalue weighted by atomic mass is 16.6. The molecule has 7 nitrogen and oxygen atoms in total. The van der Waals surface area contributed by atoms with Gasteiger partial charge in [-0.15, -0.1) is 0 Å². The molecular weight excluding hydrogens is 264 g/mol. The highest BCUT2D eigenvalue weighted by molar-refractivity contribution is 5.75. The molecule has 2 heterocycles. The van der Waals surface area contributed by atoms with Gasteiger partial charge in [0.05, 0.1) is 19.2 Å². The quantitative estimate of drug-likeness (QED) is 0.467. The summed E-state index contributed by atoms with van der Waals surface area (Å²) in [5.74, 6) is -0.00847. The predicted octanol–water partition coefficient (Wildman–Crippen LogP) is 2.11. The molecule has 0 radical (unpaired) electrons. The lowest BCUT2D eigenvalue weighted by Crippen LogP contribution is -2.44. The summed E-state index contributed by atoms with van der Waals surface area (Å²) in [7, 11) is 0. The normalized spacial score (nSPS) is 19.8. The van der Waals surface area contributed by atoms with Gasteiger partial charge in [-0.05, 0) is 32.4 Å². The molecule has 1 fully saturated rings. The van der Waals surface area contributed by atoms with Gasteiger partial charge in [-0.25, -0.2) is 0 Å². The highest BCUT2D eigenvalue weighted by Crippen LogP contribution is 2.23. The number of ether oxygens (including phenoxy) is 1. The van der Waals surface area contributed by atoms with Crippen molar-refractivity contribution >= 4 is 11.9 Å². The van der Waals surface area contributed by atoms with E-state index in [2.05, 4.69) is 0 Å². The molecule has 0 amide bonds. The van der Waals surface area contributed by atoms with Crippen LogP contribution in [0.2, 0.25) is 0 Å². The molecule has 0 spiro atoms. The highest BCUT2D eigenvalue weighted by Gasteiger charge is 2.30. The van der Waals surface area contributed by atoms with E-state index in [0.29, 0.717) is 18.9 Å². The van der Waals surface area contributed by atoms with Crippen molar-refractivity contribution in [1.82, 2.24) is 4.90 Å². The third kappa shape index (κ3) is 3.36. The van der Waals surface area contributed by atoms with E-state index in [4.69, 9.17) is 9.15 Å². The van der Waals surface area contributed by atoms with E-state index in [1.54, 1.807) is 13.0 Å². The molecule has 1 aromatic rings. The van der Waals surface area contributed by atoms with Crippen molar-refractivity contribution in [3.05, 3.63) is 28.0 Å². The number of esters is 1. The molecule has 0 saturated carbocycles. The molecule has 110 valence electrons. The third-order valence-electron chi connectivity index (χ3n) is 3.36. The topological polar surface area (TPSA) is 85.8 Å². The van der Waals surface area contributed by atoms with Crippen LogP contribution in [0, 0.1) is 10.1 Å². The van der Waals surface area contributed by atoms with Crippen molar-refractivity contribution in [2.75, 3.05) is 13.2 Å². The van der Waals surface area contributed by atoms with E-state index in [1.807, 2.05) is 4.90 Å². The summed E-state index contributed by atoms with van der Waals surface area (Å²) < 4.78 is 10.2. The van der Waals surface area contributed by atoms with Gasteiger partial charge < -0.3 is 9.15 Å². The summed E-state index contributed by atoms with van der Waals surface area (Å²) in [6, 6.07) is 2.63. The lowest BCUT2D eigenvalue weighted by Gasteiger charge is -2.33. The van der Waals surface area contributed by atoms with Crippen LogP contribution in [0.15, 0.2) is 16.5 Å². The van der Waals surface area contributed by atoms with Crippen molar-refractivity contribution in [3.8, 4) is 0 Å². The van der Waals surface area contributed by atoms with Crippen molar-refractivity contribution in [2.45, 2.75) is 38.8 Å². The average Bonchev–Trinajstić information content (AvgIpc) is 2.88. The minimum atomic E-state index is -0.567. The van der Waals surface area contributed by atoms with Gasteiger partial charge in [0, 0.05) is 0 Å². The van der Waals surface area contributed by atoms with Gasteiger partial charge in [-0.2, -0.15) is 0 Å². The van der Waals surface area contributed by atoms with Gasteiger partial charge in [-0.1, -0.05) is 6.42 Å². The molecule has 1 unspecified atom stereocenters. The van der Waals surface area contributed by atoms with Crippen molar-refractivity contribution in [2.24, 2.45) is 0 Å². The Balaban J connectivity index is 2.04. The second-order valence-electron chi connectivity index (χ2n) is 4.73. The summed E-state index contributed by atoms with van der Waals surface area (Å²) in [5, 5.41) is 10.6. The molecule has 0 aromatic carbocycles. The number of carbonyl (C=O) groups is 1. The molecule has 0 aliphatic carbocycles. The first-order chi connectivity index (χ1) is 9.61. The maximum Gasteiger partial charge on any atom is 0.433 e. The van der Waals surface area contributed by atoms with E-state index in [-0.39, 0.29) is 17.9 Å². The van der Waals surface area contributed by atoms with Gasteiger partial charge in [0.1, 0.15) is 16.7 Å². The molecule has 0 bridgehead atoms. The average molecular weight is 282 g/mol. The number of furan rings is 1. The zero-order valence-corrected chi connectivity index (χ0v) is 11.4. The summed E-state index contributed by atoms with van der Waals surface area (Å²) in [6.45, 7) is 3.28. The molecule has 1 saturated heterocycles. The zero-order chi connectivity index (χ0) is 14.5. The van der Waals surface area contributed by atoms with Crippen LogP contribution in [0.3, 0.4) is 0 Å². The lowest BCUT2D eigenvalue weighted by molar-refractivity contribution is -0.402. The fourth-order valence-electron chi connectivity index (χ4n) is 2.44. The first-order valence-corrected chi connectivity index (χ1v) is 6.75. The van der Waals surface area contributed by atoms with Crippen LogP contribution in [-0.2, 0) is 16.1 Å². The Morgan fingerprint density at radius 1 is 1.55 bits per heavy atom. The van der Waals surface area contributed by atoms with Crippen LogP contribution < -0.4 is 0 Å². The number of rotatable bonds is 5. The number of nitrogens with zero attached hydrogens (tertiary/aromatic N) is 2. The second kappa shape index (κ2) is 6.51. The van der Waals surface area contributed by atoms with E-state index >= 15 is 0 Å². The van der Waals surface area contributed by atoms with Crippen LogP contribution in [0.25, 0.3) is 0 Å². The monoisotopic (exact) mass is 282 g/mol. The maximum absolute atomic E-state index is 11.9. The number of hydrogen-bond donors (Lipinski definition) is 0. The van der Waals surface area contributed by atoms with Crippen LogP contribution in [0.5, 0.6) is 0 Å². The number of likely N-dealkylation sites (tertiary alicyclic amines) is 1. The summed E-state index contributed by atoms with van der Waals surface area (Å²) >= 11 is 0. The van der Waals surface area contributed by atoms with E-state index in [1.165, 1.54) is 6.07 Å². The first-order valence-electron chi connectivity index (χ1n) is 6.75. The van der Waals surface area contributed by atoms with Crippen LogP contribution >= 0.6 is 0 Å². The second-order valence-corrected chi connectivity index (χ2v) is 4.73. The van der Waals surface area contributed by atoms with Crippen LogP contribution in [0.1, 0.15) is 31.9 Å². The van der Waals surface area contributed by atoms with E-state index < -0.39 is 4.92 Å². The molecule has 2 rings (SSSR count). The standard InChI is InChI=1S/C13H18N2O5/c1-2-19-13(16)11-5-3-4-8-14(11)9-10-6-7-12(20-10)15(17)18/h6-7,11H,2-5,8-9H2,1H3. The SMILES string of the molecule is CCOC(=O)C1CCCCN1Cc1ccc([N+](=O)[O-])o1. The lowest BCUT2D eigenvalue weighted by atomic mass is 10.0. The van der Waals surface area contributed by atoms with Gasteiger partial charge in [0.25, 0.3) is 0 Å². The Kier molecular flexibility index (Phi) is 4.73. The largest absolute Gasteiger partial charge is 0.465 e. The van der Waals surface area contributed by atoms with Crippen molar-refractivity contribution < 1.29 is 18.9 Å². The molecule has 20 heavy (non-hydrogen) atoms.